The maximum absolute atomic E-state index is 11.6. The van der Waals surface area contributed by atoms with Crippen molar-refractivity contribution in [2.45, 2.75) is 18.3 Å². The Kier molecular flexibility index (Phi) is 5.09. The highest BCUT2D eigenvalue weighted by molar-refractivity contribution is 5.96. The molecule has 5 rings (SSSR count). The third kappa shape index (κ3) is 3.75. The lowest BCUT2D eigenvalue weighted by Crippen LogP contribution is -2.31. The normalized spacial score (nSPS) is 22.8. The van der Waals surface area contributed by atoms with Gasteiger partial charge in [-0.3, -0.25) is 14.9 Å². The van der Waals surface area contributed by atoms with Gasteiger partial charge in [-0.25, -0.2) is 4.99 Å². The van der Waals surface area contributed by atoms with Gasteiger partial charge in [0.25, 0.3) is 0 Å². The number of nitro groups is 1. The highest BCUT2D eigenvalue weighted by atomic mass is 16.7. The molecule has 1 fully saturated rings. The Labute approximate surface area is 179 Å². The third-order valence-electron chi connectivity index (χ3n) is 5.52. The average molecular weight is 414 g/mol. The molecule has 3 aromatic rings. The molecule has 1 saturated heterocycles. The molecule has 3 aromatic carbocycles. The molecule has 2 aliphatic heterocycles. The maximum Gasteiger partial charge on any atom is 0.341 e. The van der Waals surface area contributed by atoms with E-state index in [1.165, 1.54) is 0 Å². The fourth-order valence-corrected chi connectivity index (χ4v) is 4.01. The summed E-state index contributed by atoms with van der Waals surface area (Å²) in [7, 11) is 0. The molecule has 0 aliphatic carbocycles. The summed E-state index contributed by atoms with van der Waals surface area (Å²) in [5.74, 6) is 0.526. The van der Waals surface area contributed by atoms with E-state index in [1.54, 1.807) is 6.07 Å². The molecule has 3 atom stereocenters. The topological polar surface area (TPSA) is 77.2 Å². The highest BCUT2D eigenvalue weighted by Crippen LogP contribution is 2.37. The standard InChI is InChI=1S/C24H20N3O4/c28-27(29)24-22(18-10-5-2-6-11-18)26(16-31-24)20-13-7-12-19(14-20)23-25-21(15-30-23)17-8-3-1-4-9-17/h1-11,13-14,21-22,24H,15-16H2/t21-,22?,24?/m0/s1. The van der Waals surface area contributed by atoms with Crippen molar-refractivity contribution in [1.29, 1.82) is 0 Å². The SMILES string of the molecule is O=[N+]([O-])C1OCN(c2cc[c]c(C3=N[C@H](c4ccccc4)CO3)c2)C1c1ccccc1. The highest BCUT2D eigenvalue weighted by Gasteiger charge is 2.44. The van der Waals surface area contributed by atoms with Crippen LogP contribution in [0.25, 0.3) is 0 Å². The van der Waals surface area contributed by atoms with E-state index in [-0.39, 0.29) is 17.7 Å². The van der Waals surface area contributed by atoms with Gasteiger partial charge in [-0.1, -0.05) is 66.7 Å². The Morgan fingerprint density at radius 1 is 1.03 bits per heavy atom. The molecule has 155 valence electrons. The first-order valence-electron chi connectivity index (χ1n) is 10.0. The van der Waals surface area contributed by atoms with Crippen molar-refractivity contribution < 1.29 is 14.4 Å². The van der Waals surface area contributed by atoms with Gasteiger partial charge in [0.2, 0.25) is 5.90 Å². The number of anilines is 1. The van der Waals surface area contributed by atoms with Crippen LogP contribution in [0.4, 0.5) is 5.69 Å². The summed E-state index contributed by atoms with van der Waals surface area (Å²) in [6.07, 6.45) is -1.14. The minimum Gasteiger partial charge on any atom is -0.475 e. The minimum absolute atomic E-state index is 0.0562. The van der Waals surface area contributed by atoms with Gasteiger partial charge in [-0.05, 0) is 29.3 Å². The van der Waals surface area contributed by atoms with E-state index < -0.39 is 12.3 Å². The van der Waals surface area contributed by atoms with Crippen molar-refractivity contribution in [1.82, 2.24) is 0 Å². The quantitative estimate of drug-likeness (QED) is 0.463. The van der Waals surface area contributed by atoms with Crippen LogP contribution in [0.2, 0.25) is 0 Å². The first-order chi connectivity index (χ1) is 15.2. The second-order valence-corrected chi connectivity index (χ2v) is 7.43. The lowest BCUT2D eigenvalue weighted by Gasteiger charge is -2.25. The zero-order valence-corrected chi connectivity index (χ0v) is 16.6. The zero-order valence-electron chi connectivity index (χ0n) is 16.6. The van der Waals surface area contributed by atoms with Gasteiger partial charge < -0.3 is 9.64 Å². The fourth-order valence-electron chi connectivity index (χ4n) is 4.01. The van der Waals surface area contributed by atoms with E-state index in [4.69, 9.17) is 14.5 Å². The second-order valence-electron chi connectivity index (χ2n) is 7.43. The van der Waals surface area contributed by atoms with Crippen molar-refractivity contribution in [3.05, 3.63) is 112 Å². The van der Waals surface area contributed by atoms with Crippen LogP contribution in [0.15, 0.2) is 83.9 Å². The third-order valence-corrected chi connectivity index (χ3v) is 5.52. The largest absolute Gasteiger partial charge is 0.475 e. The Hall–Kier alpha value is -3.71. The Morgan fingerprint density at radius 2 is 1.74 bits per heavy atom. The molecule has 2 heterocycles. The number of hydrogen-bond donors (Lipinski definition) is 0. The molecule has 7 heteroatoms. The molecule has 0 bridgehead atoms. The fraction of sp³-hybridized carbons (Fsp3) is 0.208. The van der Waals surface area contributed by atoms with Gasteiger partial charge in [0.1, 0.15) is 19.4 Å². The first kappa shape index (κ1) is 19.3. The van der Waals surface area contributed by atoms with Gasteiger partial charge in [-0.15, -0.1) is 0 Å². The van der Waals surface area contributed by atoms with Crippen LogP contribution in [-0.4, -0.2) is 30.4 Å². The van der Waals surface area contributed by atoms with Crippen molar-refractivity contribution in [3.8, 4) is 0 Å². The summed E-state index contributed by atoms with van der Waals surface area (Å²) < 4.78 is 11.4. The summed E-state index contributed by atoms with van der Waals surface area (Å²) >= 11 is 0. The number of benzene rings is 3. The smallest absolute Gasteiger partial charge is 0.341 e. The summed E-state index contributed by atoms with van der Waals surface area (Å²) in [4.78, 5) is 17.9. The van der Waals surface area contributed by atoms with Gasteiger partial charge in [-0.2, -0.15) is 0 Å². The van der Waals surface area contributed by atoms with E-state index in [1.807, 2.05) is 77.7 Å². The average Bonchev–Trinajstić information content (AvgIpc) is 3.48. The Morgan fingerprint density at radius 3 is 2.45 bits per heavy atom. The molecular formula is C24H20N3O4. The molecule has 31 heavy (non-hydrogen) atoms. The summed E-state index contributed by atoms with van der Waals surface area (Å²) in [6, 6.07) is 27.5. The van der Waals surface area contributed by atoms with Crippen molar-refractivity contribution >= 4 is 11.6 Å². The van der Waals surface area contributed by atoms with Crippen LogP contribution < -0.4 is 4.90 Å². The summed E-state index contributed by atoms with van der Waals surface area (Å²) in [5, 5.41) is 11.6. The van der Waals surface area contributed by atoms with Crippen LogP contribution in [-0.2, 0) is 9.47 Å². The summed E-state index contributed by atoms with van der Waals surface area (Å²) in [6.45, 7) is 0.592. The van der Waals surface area contributed by atoms with Gasteiger partial charge in [0, 0.05) is 11.3 Å². The van der Waals surface area contributed by atoms with E-state index >= 15 is 0 Å². The van der Waals surface area contributed by atoms with Crippen molar-refractivity contribution in [2.24, 2.45) is 4.99 Å². The van der Waals surface area contributed by atoms with Crippen LogP contribution in [0, 0.1) is 16.2 Å². The van der Waals surface area contributed by atoms with Gasteiger partial charge in [0.05, 0.1) is 4.92 Å². The summed E-state index contributed by atoms with van der Waals surface area (Å²) in [5.41, 5.74) is 3.43. The van der Waals surface area contributed by atoms with E-state index in [0.717, 1.165) is 16.8 Å². The Bertz CT molecular complexity index is 1100. The minimum atomic E-state index is -1.14. The van der Waals surface area contributed by atoms with Crippen LogP contribution in [0.3, 0.4) is 0 Å². The zero-order chi connectivity index (χ0) is 21.2. The predicted molar refractivity (Wildman–Crippen MR) is 115 cm³/mol. The maximum atomic E-state index is 11.6. The number of ether oxygens (including phenoxy) is 2. The molecule has 0 spiro atoms. The molecule has 7 nitrogen and oxygen atoms in total. The van der Waals surface area contributed by atoms with E-state index in [2.05, 4.69) is 6.07 Å². The molecule has 0 saturated carbocycles. The first-order valence-corrected chi connectivity index (χ1v) is 10.0. The number of aliphatic imine (C=N–C) groups is 1. The lowest BCUT2D eigenvalue weighted by molar-refractivity contribution is -0.571. The number of hydrogen-bond acceptors (Lipinski definition) is 6. The molecule has 0 aromatic heterocycles. The number of nitrogens with zero attached hydrogens (tertiary/aromatic N) is 3. The van der Waals surface area contributed by atoms with Crippen LogP contribution in [0.5, 0.6) is 0 Å². The molecule has 2 aliphatic rings. The van der Waals surface area contributed by atoms with Crippen molar-refractivity contribution in [3.63, 3.8) is 0 Å². The van der Waals surface area contributed by atoms with Crippen molar-refractivity contribution in [2.75, 3.05) is 18.2 Å². The van der Waals surface area contributed by atoms with E-state index in [9.17, 15) is 10.1 Å². The molecule has 2 unspecified atom stereocenters. The van der Waals surface area contributed by atoms with Gasteiger partial charge in [0.15, 0.2) is 6.04 Å². The molecule has 0 amide bonds. The van der Waals surface area contributed by atoms with Crippen LogP contribution >= 0.6 is 0 Å². The lowest BCUT2D eigenvalue weighted by atomic mass is 10.0. The predicted octanol–water partition coefficient (Wildman–Crippen LogP) is 4.14. The van der Waals surface area contributed by atoms with Gasteiger partial charge >= 0.3 is 6.23 Å². The molecule has 0 N–H and O–H groups in total. The molecule has 1 radical (unpaired) electrons. The Balaban J connectivity index is 1.45. The second kappa shape index (κ2) is 8.20. The van der Waals surface area contributed by atoms with E-state index in [0.29, 0.717) is 18.1 Å². The monoisotopic (exact) mass is 414 g/mol. The number of rotatable bonds is 5. The molecular weight excluding hydrogens is 394 g/mol. The van der Waals surface area contributed by atoms with Crippen LogP contribution in [0.1, 0.15) is 28.8 Å².